The largest absolute Gasteiger partial charge is 0.298 e. The van der Waals surface area contributed by atoms with Crippen molar-refractivity contribution in [3.63, 3.8) is 0 Å². The number of hydrogen-bond acceptors (Lipinski definition) is 1. The van der Waals surface area contributed by atoms with Gasteiger partial charge in [0.2, 0.25) is 0 Å². The smallest absolute Gasteiger partial charge is 0.150 e. The van der Waals surface area contributed by atoms with Crippen LogP contribution in [-0.4, -0.2) is 6.29 Å². The molecule has 0 unspecified atom stereocenters. The van der Waals surface area contributed by atoms with E-state index in [2.05, 4.69) is 32.0 Å². The summed E-state index contributed by atoms with van der Waals surface area (Å²) in [5, 5.41) is 2.50. The molecule has 0 spiro atoms. The van der Waals surface area contributed by atoms with Gasteiger partial charge in [0, 0.05) is 5.56 Å². The van der Waals surface area contributed by atoms with E-state index in [0.29, 0.717) is 0 Å². The van der Waals surface area contributed by atoms with Gasteiger partial charge in [0.25, 0.3) is 0 Å². The molecule has 0 aliphatic carbocycles. The SMILES string of the molecule is CCCc1c(C=O)cc2ccccc2c1CCC. The molecule has 0 saturated carbocycles. The molecule has 2 rings (SSSR count). The Morgan fingerprint density at radius 1 is 1.00 bits per heavy atom. The lowest BCUT2D eigenvalue weighted by Gasteiger charge is -2.14. The Labute approximate surface area is 109 Å². The average Bonchev–Trinajstić information content (AvgIpc) is 2.41. The van der Waals surface area contributed by atoms with E-state index < -0.39 is 0 Å². The second kappa shape index (κ2) is 5.81. The third-order valence-corrected chi connectivity index (χ3v) is 3.44. The first kappa shape index (κ1) is 12.8. The summed E-state index contributed by atoms with van der Waals surface area (Å²) in [7, 11) is 0. The molecule has 2 aromatic rings. The Morgan fingerprint density at radius 3 is 2.33 bits per heavy atom. The molecule has 1 heteroatoms. The number of carbonyl (C=O) groups excluding carboxylic acids is 1. The van der Waals surface area contributed by atoms with Crippen LogP contribution in [0.3, 0.4) is 0 Å². The molecular formula is C17H20O. The average molecular weight is 240 g/mol. The maximum atomic E-state index is 11.3. The van der Waals surface area contributed by atoms with Gasteiger partial charge in [-0.3, -0.25) is 4.79 Å². The summed E-state index contributed by atoms with van der Waals surface area (Å²) in [5.41, 5.74) is 3.51. The molecule has 0 heterocycles. The summed E-state index contributed by atoms with van der Waals surface area (Å²) in [5.74, 6) is 0. The maximum Gasteiger partial charge on any atom is 0.150 e. The van der Waals surface area contributed by atoms with Crippen molar-refractivity contribution in [1.29, 1.82) is 0 Å². The molecule has 2 aromatic carbocycles. The van der Waals surface area contributed by atoms with Crippen LogP contribution in [0.4, 0.5) is 0 Å². The Hall–Kier alpha value is -1.63. The van der Waals surface area contributed by atoms with Crippen LogP contribution in [0.15, 0.2) is 30.3 Å². The molecule has 0 aliphatic rings. The topological polar surface area (TPSA) is 17.1 Å². The maximum absolute atomic E-state index is 11.3. The normalized spacial score (nSPS) is 10.8. The minimum Gasteiger partial charge on any atom is -0.298 e. The van der Waals surface area contributed by atoms with Crippen molar-refractivity contribution in [3.8, 4) is 0 Å². The first-order valence-corrected chi connectivity index (χ1v) is 6.80. The zero-order valence-electron chi connectivity index (χ0n) is 11.2. The van der Waals surface area contributed by atoms with E-state index in [1.54, 1.807) is 0 Å². The predicted molar refractivity (Wildman–Crippen MR) is 77.3 cm³/mol. The van der Waals surface area contributed by atoms with Crippen molar-refractivity contribution < 1.29 is 4.79 Å². The van der Waals surface area contributed by atoms with Crippen LogP contribution >= 0.6 is 0 Å². The quantitative estimate of drug-likeness (QED) is 0.700. The first-order valence-electron chi connectivity index (χ1n) is 6.80. The van der Waals surface area contributed by atoms with Gasteiger partial charge in [-0.05, 0) is 40.8 Å². The van der Waals surface area contributed by atoms with Crippen molar-refractivity contribution in [2.45, 2.75) is 39.5 Å². The molecule has 0 amide bonds. The Morgan fingerprint density at radius 2 is 1.67 bits per heavy atom. The fourth-order valence-corrected chi connectivity index (χ4v) is 2.68. The monoisotopic (exact) mass is 240 g/mol. The van der Waals surface area contributed by atoms with Gasteiger partial charge in [-0.1, -0.05) is 51.0 Å². The van der Waals surface area contributed by atoms with Gasteiger partial charge >= 0.3 is 0 Å². The predicted octanol–water partition coefficient (Wildman–Crippen LogP) is 4.56. The standard InChI is InChI=1S/C17H20O/c1-3-7-15-14(12-18)11-13-9-5-6-10-16(13)17(15)8-4-2/h5-6,9-12H,3-4,7-8H2,1-2H3. The summed E-state index contributed by atoms with van der Waals surface area (Å²) in [6, 6.07) is 10.4. The number of aldehydes is 1. The number of carbonyl (C=O) groups is 1. The van der Waals surface area contributed by atoms with Gasteiger partial charge < -0.3 is 0 Å². The lowest BCUT2D eigenvalue weighted by atomic mass is 9.90. The summed E-state index contributed by atoms with van der Waals surface area (Å²) >= 11 is 0. The summed E-state index contributed by atoms with van der Waals surface area (Å²) in [6.45, 7) is 4.36. The highest BCUT2D eigenvalue weighted by molar-refractivity contribution is 5.93. The minimum absolute atomic E-state index is 0.874. The second-order valence-corrected chi connectivity index (χ2v) is 4.76. The Balaban J connectivity index is 2.74. The van der Waals surface area contributed by atoms with Crippen LogP contribution in [0.5, 0.6) is 0 Å². The minimum atomic E-state index is 0.874. The molecule has 0 atom stereocenters. The fourth-order valence-electron chi connectivity index (χ4n) is 2.68. The van der Waals surface area contributed by atoms with Crippen LogP contribution < -0.4 is 0 Å². The third-order valence-electron chi connectivity index (χ3n) is 3.44. The number of benzene rings is 2. The summed E-state index contributed by atoms with van der Waals surface area (Å²) < 4.78 is 0. The Bertz CT molecular complexity index is 555. The van der Waals surface area contributed by atoms with E-state index in [1.165, 1.54) is 21.9 Å². The van der Waals surface area contributed by atoms with Crippen molar-refractivity contribution in [1.82, 2.24) is 0 Å². The molecule has 0 aliphatic heterocycles. The van der Waals surface area contributed by atoms with Crippen LogP contribution in [0.1, 0.15) is 48.2 Å². The number of fused-ring (bicyclic) bond motifs is 1. The van der Waals surface area contributed by atoms with Gasteiger partial charge in [0.15, 0.2) is 0 Å². The van der Waals surface area contributed by atoms with E-state index >= 15 is 0 Å². The number of hydrogen-bond donors (Lipinski definition) is 0. The molecule has 1 nitrogen and oxygen atoms in total. The van der Waals surface area contributed by atoms with Crippen LogP contribution in [-0.2, 0) is 12.8 Å². The molecule has 0 fully saturated rings. The summed E-state index contributed by atoms with van der Waals surface area (Å²) in [6.07, 6.45) is 5.25. The van der Waals surface area contributed by atoms with E-state index in [9.17, 15) is 4.79 Å². The highest BCUT2D eigenvalue weighted by Crippen LogP contribution is 2.27. The molecule has 0 aromatic heterocycles. The number of aryl methyl sites for hydroxylation is 1. The van der Waals surface area contributed by atoms with Crippen LogP contribution in [0, 0.1) is 0 Å². The molecule has 0 bridgehead atoms. The molecule has 0 radical (unpaired) electrons. The van der Waals surface area contributed by atoms with Gasteiger partial charge in [-0.2, -0.15) is 0 Å². The van der Waals surface area contributed by atoms with Crippen molar-refractivity contribution >= 4 is 17.1 Å². The molecular weight excluding hydrogens is 220 g/mol. The lowest BCUT2D eigenvalue weighted by Crippen LogP contribution is -2.01. The van der Waals surface area contributed by atoms with Crippen LogP contribution in [0.25, 0.3) is 10.8 Å². The van der Waals surface area contributed by atoms with Gasteiger partial charge in [0.1, 0.15) is 6.29 Å². The lowest BCUT2D eigenvalue weighted by molar-refractivity contribution is 0.112. The molecule has 0 N–H and O–H groups in total. The highest BCUT2D eigenvalue weighted by atomic mass is 16.1. The van der Waals surface area contributed by atoms with E-state index in [0.717, 1.165) is 37.5 Å². The van der Waals surface area contributed by atoms with Gasteiger partial charge in [-0.15, -0.1) is 0 Å². The molecule has 94 valence electrons. The third kappa shape index (κ3) is 2.31. The van der Waals surface area contributed by atoms with Crippen LogP contribution in [0.2, 0.25) is 0 Å². The summed E-state index contributed by atoms with van der Waals surface area (Å²) in [4.78, 5) is 11.3. The fraction of sp³-hybridized carbons (Fsp3) is 0.353. The first-order chi connectivity index (χ1) is 8.81. The van der Waals surface area contributed by atoms with E-state index in [-0.39, 0.29) is 0 Å². The number of rotatable bonds is 5. The van der Waals surface area contributed by atoms with Crippen molar-refractivity contribution in [2.24, 2.45) is 0 Å². The van der Waals surface area contributed by atoms with E-state index in [4.69, 9.17) is 0 Å². The van der Waals surface area contributed by atoms with Crippen molar-refractivity contribution in [3.05, 3.63) is 47.0 Å². The van der Waals surface area contributed by atoms with Crippen molar-refractivity contribution in [2.75, 3.05) is 0 Å². The highest BCUT2D eigenvalue weighted by Gasteiger charge is 2.11. The van der Waals surface area contributed by atoms with Gasteiger partial charge in [-0.25, -0.2) is 0 Å². The zero-order valence-corrected chi connectivity index (χ0v) is 11.2. The second-order valence-electron chi connectivity index (χ2n) is 4.76. The molecule has 0 saturated heterocycles. The zero-order chi connectivity index (χ0) is 13.0. The molecule has 18 heavy (non-hydrogen) atoms. The Kier molecular flexibility index (Phi) is 4.14. The van der Waals surface area contributed by atoms with E-state index in [1.807, 2.05) is 12.1 Å². The van der Waals surface area contributed by atoms with Gasteiger partial charge in [0.05, 0.1) is 0 Å².